The van der Waals surface area contributed by atoms with Crippen LogP contribution >= 0.6 is 0 Å². The van der Waals surface area contributed by atoms with Crippen LogP contribution in [-0.4, -0.2) is 16.5 Å². The van der Waals surface area contributed by atoms with Crippen molar-refractivity contribution in [2.75, 3.05) is 7.11 Å². The maximum atomic E-state index is 13.4. The van der Waals surface area contributed by atoms with Crippen LogP contribution in [0.3, 0.4) is 0 Å². The molecule has 0 atom stereocenters. The number of nitrogens with zero attached hydrogens (tertiary/aromatic N) is 2. The normalized spacial score (nSPS) is 10.8. The first-order valence-electron chi connectivity index (χ1n) is 5.55. The van der Waals surface area contributed by atoms with Crippen molar-refractivity contribution in [1.29, 1.82) is 0 Å². The predicted molar refractivity (Wildman–Crippen MR) is 67.1 cm³/mol. The minimum absolute atomic E-state index is 0.307. The summed E-state index contributed by atoms with van der Waals surface area (Å²) in [4.78, 5) is 4.33. The van der Waals surface area contributed by atoms with Crippen molar-refractivity contribution in [3.63, 3.8) is 0 Å². The Morgan fingerprint density at radius 3 is 2.94 bits per heavy atom. The van der Waals surface area contributed by atoms with Gasteiger partial charge >= 0.3 is 0 Å². The summed E-state index contributed by atoms with van der Waals surface area (Å²) >= 11 is 0. The molecule has 18 heavy (non-hydrogen) atoms. The van der Waals surface area contributed by atoms with Crippen molar-refractivity contribution in [2.45, 2.75) is 0 Å². The number of halogens is 1. The maximum absolute atomic E-state index is 13.4. The first kappa shape index (κ1) is 10.8. The van der Waals surface area contributed by atoms with Crippen LogP contribution in [0.25, 0.3) is 16.9 Å². The van der Waals surface area contributed by atoms with Crippen LogP contribution in [0.2, 0.25) is 0 Å². The minimum atomic E-state index is -0.307. The Morgan fingerprint density at radius 1 is 1.22 bits per heavy atom. The Kier molecular flexibility index (Phi) is 2.48. The van der Waals surface area contributed by atoms with E-state index in [1.807, 2.05) is 28.8 Å². The molecule has 1 aromatic carbocycles. The molecule has 0 aliphatic rings. The standard InChI is InChI=1S/C14H11FN2O/c1-18-13-6-5-10(15)8-12(13)14-16-9-11-4-2-3-7-17(11)14/h2-9H,1H3. The third-order valence-corrected chi connectivity index (χ3v) is 2.84. The fraction of sp³-hybridized carbons (Fsp3) is 0.0714. The first-order chi connectivity index (χ1) is 8.79. The Balaban J connectivity index is 2.29. The molecule has 2 heterocycles. The van der Waals surface area contributed by atoms with Crippen molar-refractivity contribution in [2.24, 2.45) is 0 Å². The number of ether oxygens (including phenoxy) is 1. The Hall–Kier alpha value is -2.36. The lowest BCUT2D eigenvalue weighted by atomic mass is 10.2. The van der Waals surface area contributed by atoms with E-state index in [-0.39, 0.29) is 5.82 Å². The summed E-state index contributed by atoms with van der Waals surface area (Å²) in [6.07, 6.45) is 3.64. The summed E-state index contributed by atoms with van der Waals surface area (Å²) in [7, 11) is 1.56. The number of imidazole rings is 1. The molecular formula is C14H11FN2O. The molecule has 0 spiro atoms. The third kappa shape index (κ3) is 1.62. The van der Waals surface area contributed by atoms with Crippen LogP contribution in [-0.2, 0) is 0 Å². The van der Waals surface area contributed by atoms with E-state index in [2.05, 4.69) is 4.98 Å². The van der Waals surface area contributed by atoms with E-state index in [0.717, 1.165) is 5.52 Å². The van der Waals surface area contributed by atoms with Gasteiger partial charge in [0.25, 0.3) is 0 Å². The lowest BCUT2D eigenvalue weighted by Crippen LogP contribution is -1.93. The van der Waals surface area contributed by atoms with Gasteiger partial charge in [0.2, 0.25) is 0 Å². The molecule has 0 saturated carbocycles. The van der Waals surface area contributed by atoms with Crippen molar-refractivity contribution in [3.8, 4) is 17.1 Å². The van der Waals surface area contributed by atoms with Gasteiger partial charge in [0.05, 0.1) is 24.4 Å². The molecule has 0 radical (unpaired) electrons. The van der Waals surface area contributed by atoms with E-state index >= 15 is 0 Å². The van der Waals surface area contributed by atoms with Crippen LogP contribution in [0, 0.1) is 5.82 Å². The van der Waals surface area contributed by atoms with Crippen LogP contribution in [0.1, 0.15) is 0 Å². The van der Waals surface area contributed by atoms with E-state index in [1.54, 1.807) is 19.4 Å². The highest BCUT2D eigenvalue weighted by atomic mass is 19.1. The van der Waals surface area contributed by atoms with Gasteiger partial charge in [0.1, 0.15) is 17.4 Å². The topological polar surface area (TPSA) is 26.5 Å². The summed E-state index contributed by atoms with van der Waals surface area (Å²) in [5.41, 5.74) is 1.60. The number of fused-ring (bicyclic) bond motifs is 1. The molecule has 0 unspecified atom stereocenters. The Labute approximate surface area is 103 Å². The van der Waals surface area contributed by atoms with Crippen LogP contribution in [0.15, 0.2) is 48.8 Å². The van der Waals surface area contributed by atoms with E-state index in [0.29, 0.717) is 17.1 Å². The van der Waals surface area contributed by atoms with Crippen molar-refractivity contribution in [3.05, 3.63) is 54.6 Å². The quantitative estimate of drug-likeness (QED) is 0.690. The number of rotatable bonds is 2. The first-order valence-corrected chi connectivity index (χ1v) is 5.55. The third-order valence-electron chi connectivity index (χ3n) is 2.84. The second-order valence-corrected chi connectivity index (χ2v) is 3.92. The van der Waals surface area contributed by atoms with Gasteiger partial charge in [-0.2, -0.15) is 0 Å². The molecule has 0 aliphatic heterocycles. The zero-order valence-electron chi connectivity index (χ0n) is 9.80. The molecule has 0 aliphatic carbocycles. The molecule has 2 aromatic heterocycles. The number of pyridine rings is 1. The fourth-order valence-corrected chi connectivity index (χ4v) is 2.00. The molecule has 0 N–H and O–H groups in total. The molecule has 0 amide bonds. The average molecular weight is 242 g/mol. The maximum Gasteiger partial charge on any atom is 0.148 e. The van der Waals surface area contributed by atoms with Gasteiger partial charge in [-0.25, -0.2) is 9.37 Å². The summed E-state index contributed by atoms with van der Waals surface area (Å²) in [6.45, 7) is 0. The molecule has 4 heteroatoms. The minimum Gasteiger partial charge on any atom is -0.496 e. The van der Waals surface area contributed by atoms with Gasteiger partial charge in [-0.05, 0) is 30.3 Å². The Bertz CT molecular complexity index is 706. The number of hydrogen-bond acceptors (Lipinski definition) is 2. The van der Waals surface area contributed by atoms with Gasteiger partial charge in [-0.15, -0.1) is 0 Å². The highest BCUT2D eigenvalue weighted by Crippen LogP contribution is 2.30. The van der Waals surface area contributed by atoms with Gasteiger partial charge in [0.15, 0.2) is 0 Å². The molecule has 0 bridgehead atoms. The SMILES string of the molecule is COc1ccc(F)cc1-c1ncc2ccccn12. The van der Waals surface area contributed by atoms with Crippen molar-refractivity contribution in [1.82, 2.24) is 9.38 Å². The molecular weight excluding hydrogens is 231 g/mol. The number of benzene rings is 1. The second-order valence-electron chi connectivity index (χ2n) is 3.92. The van der Waals surface area contributed by atoms with Gasteiger partial charge < -0.3 is 4.74 Å². The summed E-state index contributed by atoms with van der Waals surface area (Å²) in [5, 5.41) is 0. The van der Waals surface area contributed by atoms with Gasteiger partial charge in [-0.1, -0.05) is 6.07 Å². The van der Waals surface area contributed by atoms with Gasteiger partial charge in [0, 0.05) is 6.20 Å². The zero-order chi connectivity index (χ0) is 12.5. The lowest BCUT2D eigenvalue weighted by molar-refractivity contribution is 0.415. The molecule has 3 rings (SSSR count). The lowest BCUT2D eigenvalue weighted by Gasteiger charge is -2.07. The Morgan fingerprint density at radius 2 is 2.11 bits per heavy atom. The van der Waals surface area contributed by atoms with Gasteiger partial charge in [-0.3, -0.25) is 4.40 Å². The molecule has 0 fully saturated rings. The largest absolute Gasteiger partial charge is 0.496 e. The average Bonchev–Trinajstić information content (AvgIpc) is 2.82. The predicted octanol–water partition coefficient (Wildman–Crippen LogP) is 3.15. The van der Waals surface area contributed by atoms with Crippen molar-refractivity contribution < 1.29 is 9.13 Å². The molecule has 3 aromatic rings. The zero-order valence-corrected chi connectivity index (χ0v) is 9.80. The summed E-state index contributed by atoms with van der Waals surface area (Å²) < 4.78 is 20.5. The van der Waals surface area contributed by atoms with E-state index in [4.69, 9.17) is 4.74 Å². The highest BCUT2D eigenvalue weighted by molar-refractivity contribution is 5.68. The van der Waals surface area contributed by atoms with Crippen LogP contribution in [0.5, 0.6) is 5.75 Å². The van der Waals surface area contributed by atoms with Crippen LogP contribution in [0.4, 0.5) is 4.39 Å². The molecule has 90 valence electrons. The highest BCUT2D eigenvalue weighted by Gasteiger charge is 2.12. The van der Waals surface area contributed by atoms with E-state index in [1.165, 1.54) is 12.1 Å². The van der Waals surface area contributed by atoms with Crippen molar-refractivity contribution >= 4 is 5.52 Å². The summed E-state index contributed by atoms with van der Waals surface area (Å²) in [5.74, 6) is 0.966. The second kappa shape index (κ2) is 4.14. The van der Waals surface area contributed by atoms with E-state index < -0.39 is 0 Å². The summed E-state index contributed by atoms with van der Waals surface area (Å²) in [6, 6.07) is 10.2. The molecule has 3 nitrogen and oxygen atoms in total. The van der Waals surface area contributed by atoms with E-state index in [9.17, 15) is 4.39 Å². The number of hydrogen-bond donors (Lipinski definition) is 0. The number of methoxy groups -OCH3 is 1. The number of aromatic nitrogens is 2. The molecule has 0 saturated heterocycles. The smallest absolute Gasteiger partial charge is 0.148 e. The fourth-order valence-electron chi connectivity index (χ4n) is 2.00. The monoisotopic (exact) mass is 242 g/mol. The van der Waals surface area contributed by atoms with Crippen LogP contribution < -0.4 is 4.74 Å².